The van der Waals surface area contributed by atoms with Crippen LogP contribution in [0.15, 0.2) is 54.2 Å². The fourth-order valence-electron chi connectivity index (χ4n) is 3.32. The molecule has 1 heterocycles. The molecule has 0 fully saturated rings. The maximum atomic E-state index is 12.4. The molecule has 0 spiro atoms. The molecule has 0 radical (unpaired) electrons. The lowest BCUT2D eigenvalue weighted by Crippen LogP contribution is -2.25. The molecule has 1 aliphatic heterocycles. The molecule has 0 unspecified atom stereocenters. The Morgan fingerprint density at radius 2 is 1.81 bits per heavy atom. The quantitative estimate of drug-likeness (QED) is 0.490. The Kier molecular flexibility index (Phi) is 4.66. The molecule has 0 aliphatic carbocycles. The lowest BCUT2D eigenvalue weighted by molar-refractivity contribution is -0.117. The summed E-state index contributed by atoms with van der Waals surface area (Å²) < 4.78 is 5.03. The topological polar surface area (TPSA) is 87.1 Å². The van der Waals surface area contributed by atoms with Crippen LogP contribution in [-0.4, -0.2) is 35.6 Å². The van der Waals surface area contributed by atoms with E-state index in [1.165, 1.54) is 18.2 Å². The summed E-state index contributed by atoms with van der Waals surface area (Å²) in [5.41, 5.74) is 2.71. The van der Waals surface area contributed by atoms with Crippen LogP contribution < -0.4 is 4.90 Å². The molecule has 140 valence electrons. The first-order valence-corrected chi connectivity index (χ1v) is 8.49. The lowest BCUT2D eigenvalue weighted by Gasteiger charge is -2.23. The smallest absolute Gasteiger partial charge is 0.338 e. The van der Waals surface area contributed by atoms with Gasteiger partial charge in [0, 0.05) is 29.9 Å². The second-order valence-electron chi connectivity index (χ2n) is 6.98. The van der Waals surface area contributed by atoms with E-state index in [1.54, 1.807) is 0 Å². The van der Waals surface area contributed by atoms with Gasteiger partial charge in [-0.15, -0.1) is 0 Å². The lowest BCUT2D eigenvalue weighted by atomic mass is 9.83. The fraction of sp³-hybridized carbons (Fsp3) is 0.238. The molecule has 0 saturated heterocycles. The van der Waals surface area contributed by atoms with E-state index in [-0.39, 0.29) is 22.5 Å². The molecular weight excluding hydrogens is 346 g/mol. The number of rotatable bonds is 4. The normalized spacial score (nSPS) is 16.3. The highest BCUT2D eigenvalue weighted by molar-refractivity contribution is 5.96. The number of phenols is 2. The van der Waals surface area contributed by atoms with Gasteiger partial charge in [0.15, 0.2) is 23.9 Å². The molecule has 6 heteroatoms. The van der Waals surface area contributed by atoms with Crippen molar-refractivity contribution in [2.75, 3.05) is 18.6 Å². The molecule has 0 aromatic heterocycles. The number of allylic oxidation sites excluding steroid dienone is 1. The number of hydrogen-bond donors (Lipinski definition) is 2. The first-order chi connectivity index (χ1) is 12.7. The van der Waals surface area contributed by atoms with E-state index in [0.29, 0.717) is 0 Å². The maximum Gasteiger partial charge on any atom is 0.338 e. The molecule has 3 rings (SSSR count). The summed E-state index contributed by atoms with van der Waals surface area (Å²) in [7, 11) is 1.90. The number of esters is 1. The Balaban J connectivity index is 1.72. The monoisotopic (exact) mass is 367 g/mol. The zero-order valence-corrected chi connectivity index (χ0v) is 15.4. The Hall–Kier alpha value is -3.28. The number of phenolic OH excluding ortho intramolecular Hbond substituents is 2. The van der Waals surface area contributed by atoms with E-state index in [2.05, 4.69) is 0 Å². The van der Waals surface area contributed by atoms with Crippen LogP contribution in [0.1, 0.15) is 29.8 Å². The number of fused-ring (bicyclic) bond motifs is 1. The average Bonchev–Trinajstić information content (AvgIpc) is 2.83. The standard InChI is InChI=1S/C21H21NO5/c1-21(2)15-6-4-5-7-16(15)22(3)19(21)11-14(23)12-27-20(26)13-8-9-17(24)18(25)10-13/h4-11,24-25H,12H2,1-3H3/b19-11+. The van der Waals surface area contributed by atoms with Crippen LogP contribution in [0.25, 0.3) is 0 Å². The average molecular weight is 367 g/mol. The molecule has 0 saturated carbocycles. The van der Waals surface area contributed by atoms with Gasteiger partial charge in [0.2, 0.25) is 0 Å². The summed E-state index contributed by atoms with van der Waals surface area (Å²) in [6, 6.07) is 11.5. The van der Waals surface area contributed by atoms with Crippen molar-refractivity contribution in [2.24, 2.45) is 0 Å². The van der Waals surface area contributed by atoms with Crippen LogP contribution >= 0.6 is 0 Å². The van der Waals surface area contributed by atoms with E-state index < -0.39 is 18.3 Å². The number of ether oxygens (including phenoxy) is 1. The molecule has 6 nitrogen and oxygen atoms in total. The summed E-state index contributed by atoms with van der Waals surface area (Å²) in [6.45, 7) is 3.67. The van der Waals surface area contributed by atoms with Gasteiger partial charge in [0.05, 0.1) is 5.56 Å². The predicted octanol–water partition coefficient (Wildman–Crippen LogP) is 3.14. The summed E-state index contributed by atoms with van der Waals surface area (Å²) in [5, 5.41) is 18.7. The summed E-state index contributed by atoms with van der Waals surface area (Å²) >= 11 is 0. The van der Waals surface area contributed by atoms with Crippen molar-refractivity contribution in [1.29, 1.82) is 0 Å². The van der Waals surface area contributed by atoms with Gasteiger partial charge in [-0.3, -0.25) is 4.79 Å². The second-order valence-corrected chi connectivity index (χ2v) is 6.98. The number of benzene rings is 2. The molecule has 2 aromatic rings. The zero-order valence-electron chi connectivity index (χ0n) is 15.4. The Bertz CT molecular complexity index is 945. The number of aromatic hydroxyl groups is 2. The SMILES string of the molecule is CN1/C(=C/C(=O)COC(=O)c2ccc(O)c(O)c2)C(C)(C)c2ccccc21. The van der Waals surface area contributed by atoms with Crippen molar-refractivity contribution >= 4 is 17.4 Å². The van der Waals surface area contributed by atoms with Crippen molar-refractivity contribution in [1.82, 2.24) is 0 Å². The van der Waals surface area contributed by atoms with Crippen LogP contribution in [-0.2, 0) is 14.9 Å². The number of anilines is 1. The van der Waals surface area contributed by atoms with Gasteiger partial charge in [-0.2, -0.15) is 0 Å². The largest absolute Gasteiger partial charge is 0.504 e. The minimum Gasteiger partial charge on any atom is -0.504 e. The highest BCUT2D eigenvalue weighted by atomic mass is 16.5. The molecule has 27 heavy (non-hydrogen) atoms. The van der Waals surface area contributed by atoms with Gasteiger partial charge < -0.3 is 19.8 Å². The number of para-hydroxylation sites is 1. The van der Waals surface area contributed by atoms with Gasteiger partial charge in [-0.1, -0.05) is 32.0 Å². The number of carbonyl (C=O) groups excluding carboxylic acids is 2. The summed E-state index contributed by atoms with van der Waals surface area (Å²) in [6.07, 6.45) is 1.50. The van der Waals surface area contributed by atoms with E-state index in [9.17, 15) is 19.8 Å². The molecule has 2 aromatic carbocycles. The second kappa shape index (κ2) is 6.79. The first kappa shape index (κ1) is 18.5. The molecular formula is C21H21NO5. The van der Waals surface area contributed by atoms with Gasteiger partial charge in [-0.05, 0) is 29.8 Å². The molecule has 0 atom stereocenters. The van der Waals surface area contributed by atoms with E-state index in [1.807, 2.05) is 50.1 Å². The van der Waals surface area contributed by atoms with Gasteiger partial charge in [-0.25, -0.2) is 4.79 Å². The molecule has 0 bridgehead atoms. The van der Waals surface area contributed by atoms with Crippen molar-refractivity contribution in [3.63, 3.8) is 0 Å². The number of carbonyl (C=O) groups is 2. The first-order valence-electron chi connectivity index (χ1n) is 8.49. The minimum absolute atomic E-state index is 0.0523. The van der Waals surface area contributed by atoms with Crippen molar-refractivity contribution in [3.8, 4) is 11.5 Å². The summed E-state index contributed by atoms with van der Waals surface area (Å²) in [5.74, 6) is -1.85. The number of hydrogen-bond acceptors (Lipinski definition) is 6. The van der Waals surface area contributed by atoms with Crippen molar-refractivity contribution in [3.05, 3.63) is 65.4 Å². The third-order valence-corrected chi connectivity index (χ3v) is 4.79. The van der Waals surface area contributed by atoms with Crippen LogP contribution in [0.3, 0.4) is 0 Å². The fourth-order valence-corrected chi connectivity index (χ4v) is 3.32. The van der Waals surface area contributed by atoms with Crippen LogP contribution in [0.5, 0.6) is 11.5 Å². The predicted molar refractivity (Wildman–Crippen MR) is 101 cm³/mol. The third kappa shape index (κ3) is 3.38. The zero-order chi connectivity index (χ0) is 19.8. The van der Waals surface area contributed by atoms with Gasteiger partial charge in [0.1, 0.15) is 0 Å². The summed E-state index contributed by atoms with van der Waals surface area (Å²) in [4.78, 5) is 26.4. The van der Waals surface area contributed by atoms with Crippen LogP contribution in [0.2, 0.25) is 0 Å². The van der Waals surface area contributed by atoms with Crippen LogP contribution in [0.4, 0.5) is 5.69 Å². The molecule has 0 amide bonds. The van der Waals surface area contributed by atoms with Crippen LogP contribution in [0, 0.1) is 0 Å². The minimum atomic E-state index is -0.751. The number of likely N-dealkylation sites (N-methyl/N-ethyl adjacent to an activating group) is 1. The van der Waals surface area contributed by atoms with Crippen molar-refractivity contribution < 1.29 is 24.5 Å². The van der Waals surface area contributed by atoms with E-state index in [4.69, 9.17) is 4.74 Å². The van der Waals surface area contributed by atoms with E-state index >= 15 is 0 Å². The number of ketones is 1. The number of nitrogens with zero attached hydrogens (tertiary/aromatic N) is 1. The Labute approximate surface area is 157 Å². The van der Waals surface area contributed by atoms with Gasteiger partial charge in [0.25, 0.3) is 0 Å². The Morgan fingerprint density at radius 1 is 1.11 bits per heavy atom. The molecule has 2 N–H and O–H groups in total. The van der Waals surface area contributed by atoms with Crippen molar-refractivity contribution in [2.45, 2.75) is 19.3 Å². The molecule has 1 aliphatic rings. The third-order valence-electron chi connectivity index (χ3n) is 4.79. The highest BCUT2D eigenvalue weighted by Crippen LogP contribution is 2.46. The maximum absolute atomic E-state index is 12.4. The van der Waals surface area contributed by atoms with Gasteiger partial charge >= 0.3 is 5.97 Å². The Morgan fingerprint density at radius 3 is 2.48 bits per heavy atom. The van der Waals surface area contributed by atoms with E-state index in [0.717, 1.165) is 23.0 Å². The highest BCUT2D eigenvalue weighted by Gasteiger charge is 2.38.